The lowest BCUT2D eigenvalue weighted by molar-refractivity contribution is -0.126. The van der Waals surface area contributed by atoms with Gasteiger partial charge < -0.3 is 10.4 Å². The van der Waals surface area contributed by atoms with Crippen molar-refractivity contribution in [2.45, 2.75) is 25.1 Å². The monoisotopic (exact) mass is 308 g/mol. The molecule has 1 saturated heterocycles. The first-order valence-electron chi connectivity index (χ1n) is 6.65. The van der Waals surface area contributed by atoms with Gasteiger partial charge in [-0.15, -0.1) is 0 Å². The van der Waals surface area contributed by atoms with Crippen LogP contribution in [0.1, 0.15) is 30.1 Å². The van der Waals surface area contributed by atoms with Crippen LogP contribution in [0.15, 0.2) is 24.3 Å². The summed E-state index contributed by atoms with van der Waals surface area (Å²) in [6.07, 6.45) is 1.65. The Hall–Kier alpha value is -2.02. The number of nitrogens with one attached hydrogen (secondary N) is 1. The van der Waals surface area contributed by atoms with Crippen molar-refractivity contribution in [1.29, 1.82) is 0 Å². The van der Waals surface area contributed by atoms with E-state index in [2.05, 4.69) is 5.32 Å². The van der Waals surface area contributed by atoms with E-state index in [1.165, 1.54) is 11.0 Å². The van der Waals surface area contributed by atoms with Crippen LogP contribution in [-0.4, -0.2) is 39.0 Å². The van der Waals surface area contributed by atoms with Gasteiger partial charge in [0.15, 0.2) is 5.37 Å². The van der Waals surface area contributed by atoms with Crippen molar-refractivity contribution in [3.05, 3.63) is 29.8 Å². The number of hydrogen-bond acceptors (Lipinski definition) is 5. The van der Waals surface area contributed by atoms with E-state index in [0.29, 0.717) is 12.2 Å². The summed E-state index contributed by atoms with van der Waals surface area (Å²) in [5, 5.41) is 10.9. The molecule has 21 heavy (non-hydrogen) atoms. The van der Waals surface area contributed by atoms with E-state index < -0.39 is 11.3 Å². The number of anilines is 1. The number of hydrogen-bond donors (Lipinski definition) is 2. The third-order valence-corrected chi connectivity index (χ3v) is 4.09. The molecule has 2 N–H and O–H groups in total. The molecule has 0 aliphatic carbocycles. The standard InChI is InChI=1S/C14H16N2O4S/c1-2-3-8-16-12(17)11(21-14(16)20)15-10-7-5-4-6-9(10)13(18)19/h4-7,11,15H,2-3,8H2,1H3,(H,18,19). The summed E-state index contributed by atoms with van der Waals surface area (Å²) in [5.74, 6) is -1.40. The highest BCUT2D eigenvalue weighted by Crippen LogP contribution is 2.29. The first-order chi connectivity index (χ1) is 10.0. The average Bonchev–Trinajstić information content (AvgIpc) is 2.72. The fourth-order valence-electron chi connectivity index (χ4n) is 1.99. The number of para-hydroxylation sites is 1. The molecule has 1 aliphatic heterocycles. The Morgan fingerprint density at radius 3 is 2.76 bits per heavy atom. The third-order valence-electron chi connectivity index (χ3n) is 3.11. The molecule has 0 bridgehead atoms. The van der Waals surface area contributed by atoms with Crippen LogP contribution >= 0.6 is 11.8 Å². The van der Waals surface area contributed by atoms with Crippen molar-refractivity contribution in [2.24, 2.45) is 0 Å². The summed E-state index contributed by atoms with van der Waals surface area (Å²) in [5.41, 5.74) is 0.409. The zero-order chi connectivity index (χ0) is 15.4. The number of thioether (sulfide) groups is 1. The van der Waals surface area contributed by atoms with Gasteiger partial charge in [0, 0.05) is 12.2 Å². The smallest absolute Gasteiger partial charge is 0.337 e. The van der Waals surface area contributed by atoms with Gasteiger partial charge in [0.25, 0.3) is 11.1 Å². The second-order valence-corrected chi connectivity index (χ2v) is 5.66. The van der Waals surface area contributed by atoms with Crippen molar-refractivity contribution < 1.29 is 19.5 Å². The summed E-state index contributed by atoms with van der Waals surface area (Å²) in [4.78, 5) is 36.4. The van der Waals surface area contributed by atoms with Crippen molar-refractivity contribution in [3.63, 3.8) is 0 Å². The molecule has 0 aromatic heterocycles. The SMILES string of the molecule is CCCCN1C(=O)SC(Nc2ccccc2C(=O)O)C1=O. The van der Waals surface area contributed by atoms with Crippen LogP contribution in [0.3, 0.4) is 0 Å². The van der Waals surface area contributed by atoms with E-state index in [9.17, 15) is 14.4 Å². The lowest BCUT2D eigenvalue weighted by atomic mass is 10.2. The Balaban J connectivity index is 2.13. The summed E-state index contributed by atoms with van der Waals surface area (Å²) >= 11 is 0.881. The minimum absolute atomic E-state index is 0.0744. The van der Waals surface area contributed by atoms with Crippen LogP contribution in [0.4, 0.5) is 10.5 Å². The van der Waals surface area contributed by atoms with Gasteiger partial charge in [0.1, 0.15) is 0 Å². The Bertz CT molecular complexity index is 576. The molecule has 1 atom stereocenters. The first kappa shape index (κ1) is 15.4. The molecular weight excluding hydrogens is 292 g/mol. The lowest BCUT2D eigenvalue weighted by Crippen LogP contribution is -2.35. The Kier molecular flexibility index (Phi) is 4.85. The number of benzene rings is 1. The summed E-state index contributed by atoms with van der Waals surface area (Å²) in [7, 11) is 0. The number of carboxylic acids is 1. The second kappa shape index (κ2) is 6.62. The normalized spacial score (nSPS) is 18.1. The second-order valence-electron chi connectivity index (χ2n) is 4.60. The quantitative estimate of drug-likeness (QED) is 0.840. The van der Waals surface area contributed by atoms with Crippen LogP contribution in [0.2, 0.25) is 0 Å². The molecule has 7 heteroatoms. The van der Waals surface area contributed by atoms with E-state index in [0.717, 1.165) is 24.6 Å². The number of carboxylic acid groups (broad SMARTS) is 1. The van der Waals surface area contributed by atoms with E-state index >= 15 is 0 Å². The molecule has 2 rings (SSSR count). The van der Waals surface area contributed by atoms with Crippen molar-refractivity contribution in [3.8, 4) is 0 Å². The third kappa shape index (κ3) is 3.36. The average molecular weight is 308 g/mol. The molecule has 112 valence electrons. The van der Waals surface area contributed by atoms with Crippen molar-refractivity contribution in [1.82, 2.24) is 4.90 Å². The number of unbranched alkanes of at least 4 members (excludes halogenated alkanes) is 1. The summed E-state index contributed by atoms with van der Waals surface area (Å²) in [6.45, 7) is 2.39. The van der Waals surface area contributed by atoms with Gasteiger partial charge in [-0.3, -0.25) is 14.5 Å². The van der Waals surface area contributed by atoms with Gasteiger partial charge in [-0.2, -0.15) is 0 Å². The topological polar surface area (TPSA) is 86.7 Å². The molecule has 1 fully saturated rings. The Morgan fingerprint density at radius 2 is 2.10 bits per heavy atom. The van der Waals surface area contributed by atoms with E-state index in [-0.39, 0.29) is 16.7 Å². The molecule has 1 aromatic rings. The zero-order valence-corrected chi connectivity index (χ0v) is 12.4. The highest BCUT2D eigenvalue weighted by molar-refractivity contribution is 8.15. The van der Waals surface area contributed by atoms with Crippen LogP contribution < -0.4 is 5.32 Å². The number of carbonyl (C=O) groups excluding carboxylic acids is 2. The highest BCUT2D eigenvalue weighted by atomic mass is 32.2. The largest absolute Gasteiger partial charge is 0.478 e. The predicted molar refractivity (Wildman–Crippen MR) is 80.4 cm³/mol. The first-order valence-corrected chi connectivity index (χ1v) is 7.53. The van der Waals surface area contributed by atoms with Gasteiger partial charge in [-0.25, -0.2) is 4.79 Å². The number of carbonyl (C=O) groups is 3. The lowest BCUT2D eigenvalue weighted by Gasteiger charge is -2.15. The molecule has 0 spiro atoms. The zero-order valence-electron chi connectivity index (χ0n) is 11.5. The molecular formula is C14H16N2O4S. The van der Waals surface area contributed by atoms with E-state index in [4.69, 9.17) is 5.11 Å². The van der Waals surface area contributed by atoms with Gasteiger partial charge in [-0.05, 0) is 30.3 Å². The van der Waals surface area contributed by atoms with Crippen LogP contribution in [0.5, 0.6) is 0 Å². The molecule has 1 aliphatic rings. The van der Waals surface area contributed by atoms with E-state index in [1.54, 1.807) is 18.2 Å². The van der Waals surface area contributed by atoms with Gasteiger partial charge in [0.05, 0.1) is 5.56 Å². The fraction of sp³-hybridized carbons (Fsp3) is 0.357. The van der Waals surface area contributed by atoms with Crippen molar-refractivity contribution in [2.75, 3.05) is 11.9 Å². The Labute approximate surface area is 126 Å². The van der Waals surface area contributed by atoms with Crippen LogP contribution in [0, 0.1) is 0 Å². The maximum atomic E-state index is 12.2. The minimum atomic E-state index is -1.08. The number of aromatic carboxylic acids is 1. The van der Waals surface area contributed by atoms with E-state index in [1.807, 2.05) is 6.92 Å². The number of rotatable bonds is 6. The Morgan fingerprint density at radius 1 is 1.38 bits per heavy atom. The minimum Gasteiger partial charge on any atom is -0.478 e. The molecule has 1 unspecified atom stereocenters. The molecule has 6 nitrogen and oxygen atoms in total. The molecule has 0 radical (unpaired) electrons. The number of imide groups is 1. The number of nitrogens with zero attached hydrogens (tertiary/aromatic N) is 1. The molecule has 1 aromatic carbocycles. The molecule has 2 amide bonds. The fourth-order valence-corrected chi connectivity index (χ4v) is 2.92. The van der Waals surface area contributed by atoms with Gasteiger partial charge >= 0.3 is 5.97 Å². The maximum Gasteiger partial charge on any atom is 0.337 e. The van der Waals surface area contributed by atoms with Crippen LogP contribution in [0.25, 0.3) is 0 Å². The van der Waals surface area contributed by atoms with Crippen LogP contribution in [-0.2, 0) is 4.79 Å². The highest BCUT2D eigenvalue weighted by Gasteiger charge is 2.39. The number of amides is 2. The van der Waals surface area contributed by atoms with Crippen molar-refractivity contribution >= 4 is 34.6 Å². The predicted octanol–water partition coefficient (Wildman–Crippen LogP) is 2.62. The summed E-state index contributed by atoms with van der Waals surface area (Å²) < 4.78 is 0. The maximum absolute atomic E-state index is 12.2. The summed E-state index contributed by atoms with van der Waals surface area (Å²) in [6, 6.07) is 6.31. The molecule has 0 saturated carbocycles. The van der Waals surface area contributed by atoms with Gasteiger partial charge in [-0.1, -0.05) is 25.5 Å². The molecule has 1 heterocycles. The van der Waals surface area contributed by atoms with Gasteiger partial charge in [0.2, 0.25) is 0 Å².